The van der Waals surface area contributed by atoms with Gasteiger partial charge in [-0.1, -0.05) is 6.07 Å². The van der Waals surface area contributed by atoms with Gasteiger partial charge in [0, 0.05) is 18.8 Å². The first-order chi connectivity index (χ1) is 8.92. The number of nitrogen functional groups attached to an aromatic ring is 1. The van der Waals surface area contributed by atoms with Gasteiger partial charge in [0.1, 0.15) is 0 Å². The van der Waals surface area contributed by atoms with Crippen molar-refractivity contribution in [1.82, 2.24) is 4.31 Å². The Morgan fingerprint density at radius 1 is 1.42 bits per heavy atom. The Hall–Kier alpha value is -1.60. The minimum absolute atomic E-state index is 0.250. The Labute approximate surface area is 112 Å². The Morgan fingerprint density at radius 2 is 2.16 bits per heavy atom. The average Bonchev–Trinajstić information content (AvgIpc) is 2.37. The summed E-state index contributed by atoms with van der Waals surface area (Å²) in [5, 5.41) is 0. The number of carbonyl (C=O) groups excluding carboxylic acids is 1. The molecule has 19 heavy (non-hydrogen) atoms. The molecular formula is C12H16N2O4S. The molecule has 1 aliphatic rings. The van der Waals surface area contributed by atoms with Crippen LogP contribution < -0.4 is 5.73 Å². The summed E-state index contributed by atoms with van der Waals surface area (Å²) in [6.45, 7) is 0.621. The Morgan fingerprint density at radius 3 is 2.84 bits per heavy atom. The predicted octanol–water partition coefficient (Wildman–Crippen LogP) is 0.130. The van der Waals surface area contributed by atoms with Gasteiger partial charge in [0.05, 0.1) is 7.11 Å². The van der Waals surface area contributed by atoms with Gasteiger partial charge in [-0.2, -0.15) is 4.31 Å². The van der Waals surface area contributed by atoms with Crippen LogP contribution in [0.2, 0.25) is 0 Å². The standard InChI is InChI=1S/C12H16N2O4S/c1-18-12(15)8-19(16,17)14-5-4-9-2-3-11(13)6-10(9)7-14/h2-3,6H,4-5,7-8,13H2,1H3. The van der Waals surface area contributed by atoms with Crippen molar-refractivity contribution in [3.05, 3.63) is 29.3 Å². The van der Waals surface area contributed by atoms with Gasteiger partial charge in [0.2, 0.25) is 10.0 Å². The number of methoxy groups -OCH3 is 1. The maximum atomic E-state index is 12.0. The topological polar surface area (TPSA) is 89.7 Å². The third-order valence-corrected chi connectivity index (χ3v) is 4.83. The summed E-state index contributed by atoms with van der Waals surface area (Å²) < 4.78 is 29.8. The molecule has 1 aliphatic heterocycles. The first kappa shape index (κ1) is 13.8. The van der Waals surface area contributed by atoms with Crippen molar-refractivity contribution < 1.29 is 17.9 Å². The van der Waals surface area contributed by atoms with Crippen LogP contribution >= 0.6 is 0 Å². The molecule has 1 aromatic carbocycles. The van der Waals surface area contributed by atoms with E-state index in [9.17, 15) is 13.2 Å². The Bertz CT molecular complexity index is 598. The number of nitrogens with zero attached hydrogens (tertiary/aromatic N) is 1. The van der Waals surface area contributed by atoms with Crippen LogP contribution in [-0.2, 0) is 32.5 Å². The van der Waals surface area contributed by atoms with E-state index in [2.05, 4.69) is 4.74 Å². The van der Waals surface area contributed by atoms with Gasteiger partial charge in [0.15, 0.2) is 5.75 Å². The van der Waals surface area contributed by atoms with E-state index in [1.54, 1.807) is 12.1 Å². The molecule has 0 bridgehead atoms. The third-order valence-electron chi connectivity index (χ3n) is 3.13. The molecule has 7 heteroatoms. The average molecular weight is 284 g/mol. The molecule has 0 amide bonds. The fourth-order valence-electron chi connectivity index (χ4n) is 2.09. The molecule has 1 aromatic rings. The van der Waals surface area contributed by atoms with E-state index in [0.29, 0.717) is 18.7 Å². The van der Waals surface area contributed by atoms with Crippen LogP contribution in [0.5, 0.6) is 0 Å². The highest BCUT2D eigenvalue weighted by atomic mass is 32.2. The fourth-order valence-corrected chi connectivity index (χ4v) is 3.39. The van der Waals surface area contributed by atoms with E-state index >= 15 is 0 Å². The zero-order valence-electron chi connectivity index (χ0n) is 10.6. The highest BCUT2D eigenvalue weighted by Crippen LogP contribution is 2.23. The van der Waals surface area contributed by atoms with Crippen molar-refractivity contribution in [2.24, 2.45) is 0 Å². The number of hydrogen-bond donors (Lipinski definition) is 1. The second-order valence-corrected chi connectivity index (χ2v) is 6.41. The number of rotatable bonds is 3. The van der Waals surface area contributed by atoms with Crippen molar-refractivity contribution in [3.8, 4) is 0 Å². The van der Waals surface area contributed by atoms with Crippen LogP contribution in [0.3, 0.4) is 0 Å². The monoisotopic (exact) mass is 284 g/mol. The molecule has 2 rings (SSSR count). The van der Waals surface area contributed by atoms with Crippen molar-refractivity contribution in [3.63, 3.8) is 0 Å². The number of hydrogen-bond acceptors (Lipinski definition) is 5. The molecule has 0 aliphatic carbocycles. The Balaban J connectivity index is 2.19. The molecule has 6 nitrogen and oxygen atoms in total. The molecular weight excluding hydrogens is 268 g/mol. The van der Waals surface area contributed by atoms with Crippen molar-refractivity contribution in [1.29, 1.82) is 0 Å². The van der Waals surface area contributed by atoms with Gasteiger partial charge in [-0.15, -0.1) is 0 Å². The Kier molecular flexibility index (Phi) is 3.77. The summed E-state index contributed by atoms with van der Waals surface area (Å²) in [5.74, 6) is -1.38. The van der Waals surface area contributed by atoms with E-state index in [0.717, 1.165) is 11.1 Å². The van der Waals surface area contributed by atoms with Crippen LogP contribution in [0.25, 0.3) is 0 Å². The van der Waals surface area contributed by atoms with Gasteiger partial charge in [-0.05, 0) is 29.7 Å². The maximum Gasteiger partial charge on any atom is 0.322 e. The van der Waals surface area contributed by atoms with Gasteiger partial charge in [-0.3, -0.25) is 4.79 Å². The third kappa shape index (κ3) is 3.05. The van der Waals surface area contributed by atoms with Crippen LogP contribution in [0.4, 0.5) is 5.69 Å². The minimum Gasteiger partial charge on any atom is -0.468 e. The fraction of sp³-hybridized carbons (Fsp3) is 0.417. The number of anilines is 1. The number of benzene rings is 1. The molecule has 0 atom stereocenters. The van der Waals surface area contributed by atoms with Gasteiger partial charge >= 0.3 is 5.97 Å². The van der Waals surface area contributed by atoms with Crippen molar-refractivity contribution in [2.45, 2.75) is 13.0 Å². The number of ether oxygens (including phenoxy) is 1. The zero-order valence-corrected chi connectivity index (χ0v) is 11.4. The normalized spacial score (nSPS) is 15.8. The highest BCUT2D eigenvalue weighted by molar-refractivity contribution is 7.89. The molecule has 0 saturated carbocycles. The van der Waals surface area contributed by atoms with E-state index in [4.69, 9.17) is 5.73 Å². The van der Waals surface area contributed by atoms with Crippen LogP contribution in [0.1, 0.15) is 11.1 Å². The second kappa shape index (κ2) is 5.18. The van der Waals surface area contributed by atoms with E-state index in [1.807, 2.05) is 6.07 Å². The van der Waals surface area contributed by atoms with Crippen molar-refractivity contribution >= 4 is 21.7 Å². The summed E-state index contributed by atoms with van der Waals surface area (Å²) >= 11 is 0. The van der Waals surface area contributed by atoms with Gasteiger partial charge < -0.3 is 10.5 Å². The van der Waals surface area contributed by atoms with Crippen molar-refractivity contribution in [2.75, 3.05) is 25.1 Å². The SMILES string of the molecule is COC(=O)CS(=O)(=O)N1CCc2ccc(N)cc2C1. The summed E-state index contributed by atoms with van der Waals surface area (Å²) in [5.41, 5.74) is 8.28. The van der Waals surface area contributed by atoms with E-state index < -0.39 is 21.7 Å². The molecule has 0 aromatic heterocycles. The second-order valence-electron chi connectivity index (χ2n) is 4.44. The zero-order chi connectivity index (χ0) is 14.0. The molecule has 0 unspecified atom stereocenters. The summed E-state index contributed by atoms with van der Waals surface area (Å²) in [6, 6.07) is 5.49. The quantitative estimate of drug-likeness (QED) is 0.629. The molecule has 0 fully saturated rings. The molecule has 0 saturated heterocycles. The smallest absolute Gasteiger partial charge is 0.322 e. The van der Waals surface area contributed by atoms with E-state index in [1.165, 1.54) is 11.4 Å². The number of fused-ring (bicyclic) bond motifs is 1. The predicted molar refractivity (Wildman–Crippen MR) is 70.8 cm³/mol. The number of carbonyl (C=O) groups is 1. The van der Waals surface area contributed by atoms with Gasteiger partial charge in [-0.25, -0.2) is 8.42 Å². The lowest BCUT2D eigenvalue weighted by atomic mass is 10.0. The lowest BCUT2D eigenvalue weighted by Crippen LogP contribution is -2.39. The number of nitrogens with two attached hydrogens (primary N) is 1. The molecule has 104 valence electrons. The minimum atomic E-state index is -3.63. The maximum absolute atomic E-state index is 12.0. The largest absolute Gasteiger partial charge is 0.468 e. The summed E-state index contributed by atoms with van der Waals surface area (Å²) in [4.78, 5) is 11.1. The van der Waals surface area contributed by atoms with E-state index in [-0.39, 0.29) is 6.54 Å². The van der Waals surface area contributed by atoms with Crippen LogP contribution in [0, 0.1) is 0 Å². The number of esters is 1. The van der Waals surface area contributed by atoms with Gasteiger partial charge in [0.25, 0.3) is 0 Å². The molecule has 0 spiro atoms. The molecule has 0 radical (unpaired) electrons. The summed E-state index contributed by atoms with van der Waals surface area (Å²) in [6.07, 6.45) is 0.621. The first-order valence-electron chi connectivity index (χ1n) is 5.84. The highest BCUT2D eigenvalue weighted by Gasteiger charge is 2.29. The van der Waals surface area contributed by atoms with Crippen LogP contribution in [-0.4, -0.2) is 38.1 Å². The molecule has 2 N–H and O–H groups in total. The first-order valence-corrected chi connectivity index (χ1v) is 7.45. The lowest BCUT2D eigenvalue weighted by Gasteiger charge is -2.27. The van der Waals surface area contributed by atoms with Crippen LogP contribution in [0.15, 0.2) is 18.2 Å². The summed E-state index contributed by atoms with van der Waals surface area (Å²) in [7, 11) is -2.46. The number of sulfonamides is 1. The molecule has 1 heterocycles. The lowest BCUT2D eigenvalue weighted by molar-refractivity contribution is -0.137.